The zero-order valence-electron chi connectivity index (χ0n) is 10.8. The zero-order chi connectivity index (χ0) is 14.5. The van der Waals surface area contributed by atoms with Gasteiger partial charge in [0.1, 0.15) is 11.6 Å². The maximum Gasteiger partial charge on any atom is 0.258 e. The molecule has 0 saturated heterocycles. The van der Waals surface area contributed by atoms with Gasteiger partial charge in [0.15, 0.2) is 0 Å². The molecule has 0 bridgehead atoms. The molecule has 0 aliphatic carbocycles. The van der Waals surface area contributed by atoms with Crippen LogP contribution in [0.25, 0.3) is 0 Å². The number of hydrogen-bond donors (Lipinski definition) is 3. The van der Waals surface area contributed by atoms with Crippen molar-refractivity contribution >= 4 is 17.3 Å². The summed E-state index contributed by atoms with van der Waals surface area (Å²) in [5.74, 6) is 4.68. The summed E-state index contributed by atoms with van der Waals surface area (Å²) in [6, 6.07) is 11.1. The SMILES string of the molecule is COc1ccccc1NC(=O)c1cccc(F)c1NN. The third kappa shape index (κ3) is 2.70. The van der Waals surface area contributed by atoms with Crippen LogP contribution in [0.3, 0.4) is 0 Å². The van der Waals surface area contributed by atoms with E-state index in [-0.39, 0.29) is 11.3 Å². The number of carbonyl (C=O) groups is 1. The van der Waals surface area contributed by atoms with E-state index < -0.39 is 11.7 Å². The molecule has 1 amide bonds. The standard InChI is InChI=1S/C14H14FN3O2/c1-20-12-8-3-2-7-11(12)17-14(19)9-5-4-6-10(15)13(9)18-16/h2-8,18H,16H2,1H3,(H,17,19). The van der Waals surface area contributed by atoms with E-state index in [1.807, 2.05) is 0 Å². The maximum absolute atomic E-state index is 13.5. The van der Waals surface area contributed by atoms with Crippen LogP contribution in [-0.2, 0) is 0 Å². The molecule has 0 aliphatic heterocycles. The Kier molecular flexibility index (Phi) is 4.17. The van der Waals surface area contributed by atoms with E-state index >= 15 is 0 Å². The van der Waals surface area contributed by atoms with Crippen LogP contribution >= 0.6 is 0 Å². The first-order chi connectivity index (χ1) is 9.67. The molecular weight excluding hydrogens is 261 g/mol. The lowest BCUT2D eigenvalue weighted by atomic mass is 10.1. The van der Waals surface area contributed by atoms with Crippen LogP contribution in [0.2, 0.25) is 0 Å². The lowest BCUT2D eigenvalue weighted by molar-refractivity contribution is 0.102. The van der Waals surface area contributed by atoms with Crippen molar-refractivity contribution < 1.29 is 13.9 Å². The minimum atomic E-state index is -0.597. The van der Waals surface area contributed by atoms with E-state index in [2.05, 4.69) is 10.7 Å². The summed E-state index contributed by atoms with van der Waals surface area (Å²) in [7, 11) is 1.50. The Balaban J connectivity index is 2.31. The highest BCUT2D eigenvalue weighted by Crippen LogP contribution is 2.25. The summed E-state index contributed by atoms with van der Waals surface area (Å²) in [4.78, 5) is 12.2. The predicted molar refractivity (Wildman–Crippen MR) is 75.2 cm³/mol. The van der Waals surface area contributed by atoms with Gasteiger partial charge < -0.3 is 15.5 Å². The molecule has 0 fully saturated rings. The first-order valence-electron chi connectivity index (χ1n) is 5.87. The number of ether oxygens (including phenoxy) is 1. The Hall–Kier alpha value is -2.60. The van der Waals surface area contributed by atoms with Gasteiger partial charge in [-0.15, -0.1) is 0 Å². The number of para-hydroxylation sites is 3. The number of methoxy groups -OCH3 is 1. The highest BCUT2D eigenvalue weighted by atomic mass is 19.1. The number of amides is 1. The average Bonchev–Trinajstić information content (AvgIpc) is 2.47. The molecule has 0 heterocycles. The summed E-state index contributed by atoms with van der Waals surface area (Å²) in [6.45, 7) is 0. The van der Waals surface area contributed by atoms with E-state index in [0.29, 0.717) is 11.4 Å². The Labute approximate surface area is 115 Å². The fourth-order valence-electron chi connectivity index (χ4n) is 1.80. The Morgan fingerprint density at radius 2 is 1.95 bits per heavy atom. The van der Waals surface area contributed by atoms with Crippen LogP contribution in [0.4, 0.5) is 15.8 Å². The molecule has 0 spiro atoms. The largest absolute Gasteiger partial charge is 0.495 e. The van der Waals surface area contributed by atoms with Gasteiger partial charge in [0, 0.05) is 0 Å². The van der Waals surface area contributed by atoms with E-state index in [1.165, 1.54) is 25.3 Å². The Morgan fingerprint density at radius 3 is 2.65 bits per heavy atom. The number of nitrogen functional groups attached to an aromatic ring is 1. The molecule has 2 aromatic rings. The van der Waals surface area contributed by atoms with Crippen molar-refractivity contribution in [1.82, 2.24) is 0 Å². The summed E-state index contributed by atoms with van der Waals surface area (Å²) in [5, 5.41) is 2.65. The molecule has 0 unspecified atom stereocenters. The molecule has 0 radical (unpaired) electrons. The second-order valence-electron chi connectivity index (χ2n) is 3.96. The minimum Gasteiger partial charge on any atom is -0.495 e. The number of benzene rings is 2. The first-order valence-corrected chi connectivity index (χ1v) is 5.87. The normalized spacial score (nSPS) is 9.95. The second kappa shape index (κ2) is 6.03. The second-order valence-corrected chi connectivity index (χ2v) is 3.96. The van der Waals surface area contributed by atoms with Crippen molar-refractivity contribution in [2.75, 3.05) is 17.9 Å². The highest BCUT2D eigenvalue weighted by molar-refractivity contribution is 6.08. The number of nitrogens with one attached hydrogen (secondary N) is 2. The molecular formula is C14H14FN3O2. The van der Waals surface area contributed by atoms with Gasteiger partial charge in [0.05, 0.1) is 24.0 Å². The molecule has 0 aliphatic rings. The lowest BCUT2D eigenvalue weighted by Gasteiger charge is -2.12. The number of halogens is 1. The van der Waals surface area contributed by atoms with Gasteiger partial charge in [-0.05, 0) is 24.3 Å². The predicted octanol–water partition coefficient (Wildman–Crippen LogP) is 2.37. The van der Waals surface area contributed by atoms with Gasteiger partial charge in [0.2, 0.25) is 0 Å². The van der Waals surface area contributed by atoms with Crippen molar-refractivity contribution in [2.45, 2.75) is 0 Å². The number of nitrogens with two attached hydrogens (primary N) is 1. The topological polar surface area (TPSA) is 76.4 Å². The molecule has 0 atom stereocenters. The van der Waals surface area contributed by atoms with Crippen LogP contribution < -0.4 is 21.3 Å². The van der Waals surface area contributed by atoms with Crippen molar-refractivity contribution in [2.24, 2.45) is 5.84 Å². The Morgan fingerprint density at radius 1 is 1.20 bits per heavy atom. The number of hydrazine groups is 1. The van der Waals surface area contributed by atoms with Gasteiger partial charge in [-0.25, -0.2) is 4.39 Å². The smallest absolute Gasteiger partial charge is 0.258 e. The van der Waals surface area contributed by atoms with Crippen LogP contribution in [0.1, 0.15) is 10.4 Å². The number of rotatable bonds is 4. The van der Waals surface area contributed by atoms with Gasteiger partial charge in [-0.3, -0.25) is 10.6 Å². The van der Waals surface area contributed by atoms with Crippen LogP contribution in [0.5, 0.6) is 5.75 Å². The number of hydrogen-bond acceptors (Lipinski definition) is 4. The monoisotopic (exact) mass is 275 g/mol. The average molecular weight is 275 g/mol. The Bertz CT molecular complexity index is 632. The van der Waals surface area contributed by atoms with E-state index in [9.17, 15) is 9.18 Å². The molecule has 4 N–H and O–H groups in total. The third-order valence-electron chi connectivity index (χ3n) is 2.76. The van der Waals surface area contributed by atoms with Crippen LogP contribution in [0, 0.1) is 5.82 Å². The van der Waals surface area contributed by atoms with E-state index in [1.54, 1.807) is 24.3 Å². The zero-order valence-corrected chi connectivity index (χ0v) is 10.8. The van der Waals surface area contributed by atoms with Crippen LogP contribution in [0.15, 0.2) is 42.5 Å². The molecule has 20 heavy (non-hydrogen) atoms. The summed E-state index contributed by atoms with van der Waals surface area (Å²) in [5.41, 5.74) is 2.74. The van der Waals surface area contributed by atoms with Gasteiger partial charge >= 0.3 is 0 Å². The fraction of sp³-hybridized carbons (Fsp3) is 0.0714. The molecule has 2 rings (SSSR count). The molecule has 5 nitrogen and oxygen atoms in total. The van der Waals surface area contributed by atoms with Crippen LogP contribution in [-0.4, -0.2) is 13.0 Å². The van der Waals surface area contributed by atoms with E-state index in [0.717, 1.165) is 0 Å². The summed E-state index contributed by atoms with van der Waals surface area (Å²) in [6.07, 6.45) is 0. The molecule has 104 valence electrons. The maximum atomic E-state index is 13.5. The van der Waals surface area contributed by atoms with Gasteiger partial charge in [0.25, 0.3) is 5.91 Å². The first kappa shape index (κ1) is 13.8. The molecule has 6 heteroatoms. The fourth-order valence-corrected chi connectivity index (χ4v) is 1.80. The molecule has 0 saturated carbocycles. The molecule has 0 aromatic heterocycles. The number of carbonyl (C=O) groups excluding carboxylic acids is 1. The number of anilines is 2. The summed E-state index contributed by atoms with van der Waals surface area (Å²) < 4.78 is 18.7. The van der Waals surface area contributed by atoms with Gasteiger partial charge in [-0.2, -0.15) is 0 Å². The van der Waals surface area contributed by atoms with Crippen molar-refractivity contribution in [3.8, 4) is 5.75 Å². The minimum absolute atomic E-state index is 0.0557. The van der Waals surface area contributed by atoms with Gasteiger partial charge in [-0.1, -0.05) is 18.2 Å². The van der Waals surface area contributed by atoms with E-state index in [4.69, 9.17) is 10.6 Å². The quantitative estimate of drug-likeness (QED) is 0.591. The van der Waals surface area contributed by atoms with Crippen molar-refractivity contribution in [3.05, 3.63) is 53.8 Å². The highest BCUT2D eigenvalue weighted by Gasteiger charge is 2.15. The van der Waals surface area contributed by atoms with Crippen molar-refractivity contribution in [3.63, 3.8) is 0 Å². The lowest BCUT2D eigenvalue weighted by Crippen LogP contribution is -2.18. The third-order valence-corrected chi connectivity index (χ3v) is 2.76. The summed E-state index contributed by atoms with van der Waals surface area (Å²) >= 11 is 0. The van der Waals surface area contributed by atoms with Crippen molar-refractivity contribution in [1.29, 1.82) is 0 Å². The molecule has 2 aromatic carbocycles.